The van der Waals surface area contributed by atoms with Gasteiger partial charge in [-0.1, -0.05) is 11.6 Å². The summed E-state index contributed by atoms with van der Waals surface area (Å²) < 4.78 is 42.3. The lowest BCUT2D eigenvalue weighted by Crippen LogP contribution is -2.51. The lowest BCUT2D eigenvalue weighted by atomic mass is 10.0. The van der Waals surface area contributed by atoms with Gasteiger partial charge in [0.1, 0.15) is 11.5 Å². The number of likely N-dealkylation sites (tertiary alicyclic amines) is 1. The summed E-state index contributed by atoms with van der Waals surface area (Å²) in [5, 5.41) is 7.97. The van der Waals surface area contributed by atoms with Crippen LogP contribution in [-0.4, -0.2) is 87.6 Å². The van der Waals surface area contributed by atoms with Crippen molar-refractivity contribution in [3.05, 3.63) is 46.0 Å². The highest BCUT2D eigenvalue weighted by Crippen LogP contribution is 2.32. The Balaban J connectivity index is 1.38. The third kappa shape index (κ3) is 4.90. The number of alkyl halides is 2. The fourth-order valence-electron chi connectivity index (χ4n) is 4.97. The number of benzene rings is 1. The van der Waals surface area contributed by atoms with Crippen molar-refractivity contribution < 1.29 is 32.4 Å². The van der Waals surface area contributed by atoms with Gasteiger partial charge in [0.15, 0.2) is 11.9 Å². The molecule has 14 heteroatoms. The molecule has 1 fully saturated rings. The summed E-state index contributed by atoms with van der Waals surface area (Å²) in [5.41, 5.74) is -0.0314. The molecule has 1 N–H and O–H groups in total. The molecule has 3 aliphatic heterocycles. The maximum atomic E-state index is 13.8. The molecule has 198 valence electrons. The quantitative estimate of drug-likeness (QED) is 0.598. The number of hydroxylamine groups is 2. The SMILES string of the molecule is CN1OC(C=O)(CN2CCC(F)(F)C2)Cn2nc3c(c2C1=O)CN(C(=O)Nc1ccc(F)c(Cl)c1)CC3. The Morgan fingerprint density at radius 2 is 2.08 bits per heavy atom. The first kappa shape index (κ1) is 25.5. The van der Waals surface area contributed by atoms with Crippen LogP contribution in [0.2, 0.25) is 5.02 Å². The van der Waals surface area contributed by atoms with Crippen LogP contribution in [0, 0.1) is 5.82 Å². The van der Waals surface area contributed by atoms with Crippen LogP contribution in [0.5, 0.6) is 0 Å². The van der Waals surface area contributed by atoms with Gasteiger partial charge in [-0.25, -0.2) is 23.0 Å². The standard InChI is InChI=1S/C23H24ClF3N6O4/c1-30-20(35)19-15-9-32(21(36)28-14-2-3-17(25)16(24)8-14)6-4-18(15)29-33(19)11-22(13-34,37-30)10-31-7-5-23(26,27)12-31/h2-3,8,13H,4-7,9-12H2,1H3,(H,28,36). The number of aldehydes is 1. The molecular formula is C23H24ClF3N6O4. The number of anilines is 1. The Bertz CT molecular complexity index is 1270. The van der Waals surface area contributed by atoms with E-state index in [-0.39, 0.29) is 43.3 Å². The molecule has 3 amide bonds. The van der Waals surface area contributed by atoms with Crippen LogP contribution < -0.4 is 5.32 Å². The predicted molar refractivity (Wildman–Crippen MR) is 125 cm³/mol. The topological polar surface area (TPSA) is 100 Å². The monoisotopic (exact) mass is 540 g/mol. The average Bonchev–Trinajstić information content (AvgIpc) is 3.35. The smallest absolute Gasteiger partial charge is 0.320 e. The number of carbonyl (C=O) groups excluding carboxylic acids is 3. The Labute approximate surface area is 214 Å². The molecule has 3 aliphatic rings. The van der Waals surface area contributed by atoms with Crippen molar-refractivity contribution in [3.63, 3.8) is 0 Å². The molecule has 4 heterocycles. The summed E-state index contributed by atoms with van der Waals surface area (Å²) in [7, 11) is 1.35. The number of hydrogen-bond acceptors (Lipinski definition) is 6. The maximum absolute atomic E-state index is 13.8. The first-order valence-corrected chi connectivity index (χ1v) is 12.0. The zero-order valence-electron chi connectivity index (χ0n) is 19.8. The third-order valence-corrected chi connectivity index (χ3v) is 7.03. The Morgan fingerprint density at radius 1 is 1.30 bits per heavy atom. The minimum Gasteiger partial charge on any atom is -0.320 e. The van der Waals surface area contributed by atoms with Gasteiger partial charge in [0.25, 0.3) is 11.8 Å². The number of halogens is 4. The fourth-order valence-corrected chi connectivity index (χ4v) is 5.15. The van der Waals surface area contributed by atoms with E-state index >= 15 is 0 Å². The van der Waals surface area contributed by atoms with Crippen molar-refractivity contribution in [3.8, 4) is 0 Å². The first-order valence-electron chi connectivity index (χ1n) is 11.6. The van der Waals surface area contributed by atoms with E-state index in [0.717, 1.165) is 11.1 Å². The molecule has 1 aromatic carbocycles. The molecule has 0 spiro atoms. The number of aromatic nitrogens is 2. The van der Waals surface area contributed by atoms with Gasteiger partial charge in [-0.2, -0.15) is 5.10 Å². The van der Waals surface area contributed by atoms with E-state index in [0.29, 0.717) is 36.2 Å². The average molecular weight is 541 g/mol. The van der Waals surface area contributed by atoms with Crippen molar-refractivity contribution in [2.45, 2.75) is 37.5 Å². The summed E-state index contributed by atoms with van der Waals surface area (Å²) in [6.07, 6.45) is 0.549. The van der Waals surface area contributed by atoms with E-state index in [1.54, 1.807) is 0 Å². The molecule has 0 radical (unpaired) electrons. The van der Waals surface area contributed by atoms with Crippen molar-refractivity contribution in [2.75, 3.05) is 38.5 Å². The van der Waals surface area contributed by atoms with Crippen LogP contribution in [0.4, 0.5) is 23.7 Å². The van der Waals surface area contributed by atoms with Gasteiger partial charge >= 0.3 is 6.03 Å². The van der Waals surface area contributed by atoms with Crippen LogP contribution in [0.3, 0.4) is 0 Å². The zero-order chi connectivity index (χ0) is 26.5. The second kappa shape index (κ2) is 9.30. The molecule has 0 saturated carbocycles. The van der Waals surface area contributed by atoms with Gasteiger partial charge in [0, 0.05) is 50.8 Å². The Hall–Kier alpha value is -3.16. The number of rotatable bonds is 4. The van der Waals surface area contributed by atoms with Gasteiger partial charge < -0.3 is 10.2 Å². The second-order valence-corrected chi connectivity index (χ2v) is 9.96. The largest absolute Gasteiger partial charge is 0.322 e. The van der Waals surface area contributed by atoms with Crippen molar-refractivity contribution in [1.29, 1.82) is 0 Å². The van der Waals surface area contributed by atoms with Gasteiger partial charge in [-0.15, -0.1) is 0 Å². The van der Waals surface area contributed by atoms with E-state index in [1.165, 1.54) is 33.7 Å². The highest BCUT2D eigenvalue weighted by molar-refractivity contribution is 6.31. The Morgan fingerprint density at radius 3 is 2.76 bits per heavy atom. The zero-order valence-corrected chi connectivity index (χ0v) is 20.6. The molecule has 2 aromatic rings. The van der Waals surface area contributed by atoms with Crippen LogP contribution in [0.25, 0.3) is 0 Å². The van der Waals surface area contributed by atoms with Crippen molar-refractivity contribution in [2.24, 2.45) is 0 Å². The number of urea groups is 1. The molecule has 37 heavy (non-hydrogen) atoms. The molecule has 10 nitrogen and oxygen atoms in total. The Kier molecular flexibility index (Phi) is 6.40. The minimum absolute atomic E-state index is 0.0530. The molecule has 1 unspecified atom stereocenters. The normalized spacial score (nSPS) is 23.4. The fraction of sp³-hybridized carbons (Fsp3) is 0.478. The number of nitrogens with one attached hydrogen (secondary N) is 1. The first-order chi connectivity index (χ1) is 17.5. The van der Waals surface area contributed by atoms with Gasteiger partial charge in [-0.3, -0.25) is 24.0 Å². The summed E-state index contributed by atoms with van der Waals surface area (Å²) >= 11 is 5.79. The van der Waals surface area contributed by atoms with E-state index in [2.05, 4.69) is 10.4 Å². The van der Waals surface area contributed by atoms with E-state index < -0.39 is 35.8 Å². The van der Waals surface area contributed by atoms with Crippen LogP contribution in [0.15, 0.2) is 18.2 Å². The van der Waals surface area contributed by atoms with Gasteiger partial charge in [-0.05, 0) is 18.2 Å². The maximum Gasteiger partial charge on any atom is 0.322 e. The molecule has 1 aromatic heterocycles. The van der Waals surface area contributed by atoms with Crippen molar-refractivity contribution >= 4 is 35.5 Å². The molecule has 0 aliphatic carbocycles. The van der Waals surface area contributed by atoms with Crippen LogP contribution >= 0.6 is 11.6 Å². The van der Waals surface area contributed by atoms with Crippen LogP contribution in [0.1, 0.15) is 28.2 Å². The number of fused-ring (bicyclic) bond motifs is 3. The summed E-state index contributed by atoms with van der Waals surface area (Å²) in [5.74, 6) is -4.04. The second-order valence-electron chi connectivity index (χ2n) is 9.56. The van der Waals surface area contributed by atoms with E-state index in [9.17, 15) is 27.6 Å². The number of carbonyl (C=O) groups is 3. The van der Waals surface area contributed by atoms with Gasteiger partial charge in [0.05, 0.1) is 30.4 Å². The van der Waals surface area contributed by atoms with Crippen molar-refractivity contribution in [1.82, 2.24) is 24.6 Å². The highest BCUT2D eigenvalue weighted by atomic mass is 35.5. The summed E-state index contributed by atoms with van der Waals surface area (Å²) in [4.78, 5) is 47.0. The summed E-state index contributed by atoms with van der Waals surface area (Å²) in [6.45, 7) is -0.353. The van der Waals surface area contributed by atoms with Crippen LogP contribution in [-0.2, 0) is 29.1 Å². The minimum atomic E-state index is -2.85. The molecule has 1 saturated heterocycles. The molecular weight excluding hydrogens is 517 g/mol. The predicted octanol–water partition coefficient (Wildman–Crippen LogP) is 2.56. The third-order valence-electron chi connectivity index (χ3n) is 6.74. The van der Waals surface area contributed by atoms with E-state index in [4.69, 9.17) is 16.4 Å². The number of hydrogen-bond donors (Lipinski definition) is 1. The molecule has 0 bridgehead atoms. The number of amides is 3. The number of nitrogens with zero attached hydrogens (tertiary/aromatic N) is 5. The van der Waals surface area contributed by atoms with Gasteiger partial charge in [0.2, 0.25) is 0 Å². The lowest BCUT2D eigenvalue weighted by Gasteiger charge is -2.32. The molecule has 1 atom stereocenters. The highest BCUT2D eigenvalue weighted by Gasteiger charge is 2.47. The lowest BCUT2D eigenvalue weighted by molar-refractivity contribution is -0.204. The summed E-state index contributed by atoms with van der Waals surface area (Å²) in [6, 6.07) is 3.34. The molecule has 5 rings (SSSR count). The van der Waals surface area contributed by atoms with E-state index in [1.807, 2.05) is 0 Å².